The van der Waals surface area contributed by atoms with Crippen LogP contribution >= 0.6 is 0 Å². The van der Waals surface area contributed by atoms with Crippen LogP contribution < -0.4 is 4.74 Å². The quantitative estimate of drug-likeness (QED) is 0.801. The maximum absolute atomic E-state index is 9.63. The summed E-state index contributed by atoms with van der Waals surface area (Å²) in [6, 6.07) is 8.08. The summed E-state index contributed by atoms with van der Waals surface area (Å²) in [5.74, 6) is 1.34. The van der Waals surface area contributed by atoms with E-state index in [1.54, 1.807) is 0 Å². The number of aliphatic hydroxyl groups excluding tert-OH is 1. The second kappa shape index (κ2) is 4.67. The number of aryl methyl sites for hydroxylation is 1. The first-order chi connectivity index (χ1) is 7.29. The fraction of sp³-hybridized carbons (Fsp3) is 0.538. The summed E-state index contributed by atoms with van der Waals surface area (Å²) >= 11 is 0. The lowest BCUT2D eigenvalue weighted by atomic mass is 10.2. The van der Waals surface area contributed by atoms with Gasteiger partial charge in [0, 0.05) is 0 Å². The second-order valence-corrected chi connectivity index (χ2v) is 4.21. The first-order valence-corrected chi connectivity index (χ1v) is 5.69. The Balaban J connectivity index is 1.81. The molecule has 1 N–H and O–H groups in total. The van der Waals surface area contributed by atoms with Gasteiger partial charge < -0.3 is 9.84 Å². The summed E-state index contributed by atoms with van der Waals surface area (Å²) in [5, 5.41) is 9.63. The number of hydrogen-bond acceptors (Lipinski definition) is 2. The van der Waals surface area contributed by atoms with Crippen LogP contribution in [0.5, 0.6) is 5.75 Å². The Morgan fingerprint density at radius 1 is 1.33 bits per heavy atom. The third kappa shape index (κ3) is 2.96. The molecule has 1 fully saturated rings. The lowest BCUT2D eigenvalue weighted by Crippen LogP contribution is -2.19. The van der Waals surface area contributed by atoms with Crippen LogP contribution in [0.15, 0.2) is 24.3 Å². The highest BCUT2D eigenvalue weighted by atomic mass is 16.5. The third-order valence-electron chi connectivity index (χ3n) is 2.92. The molecule has 0 aromatic heterocycles. The SMILES string of the molecule is CCc1ccc(OCC(O)C2CC2)cc1. The van der Waals surface area contributed by atoms with Crippen molar-refractivity contribution >= 4 is 0 Å². The molecule has 1 saturated carbocycles. The first-order valence-electron chi connectivity index (χ1n) is 5.69. The number of hydrogen-bond donors (Lipinski definition) is 1. The van der Waals surface area contributed by atoms with E-state index in [-0.39, 0.29) is 6.10 Å². The van der Waals surface area contributed by atoms with Crippen LogP contribution in [0.1, 0.15) is 25.3 Å². The molecule has 0 spiro atoms. The van der Waals surface area contributed by atoms with Gasteiger partial charge in [-0.15, -0.1) is 0 Å². The van der Waals surface area contributed by atoms with Gasteiger partial charge in [-0.3, -0.25) is 0 Å². The summed E-state index contributed by atoms with van der Waals surface area (Å²) in [6.07, 6.45) is 3.07. The highest BCUT2D eigenvalue weighted by Gasteiger charge is 2.29. The van der Waals surface area contributed by atoms with Crippen LogP contribution in [-0.2, 0) is 6.42 Å². The lowest BCUT2D eigenvalue weighted by Gasteiger charge is -2.11. The van der Waals surface area contributed by atoms with Crippen molar-refractivity contribution in [2.45, 2.75) is 32.3 Å². The zero-order chi connectivity index (χ0) is 10.7. The average molecular weight is 206 g/mol. The molecule has 0 aliphatic heterocycles. The predicted octanol–water partition coefficient (Wildman–Crippen LogP) is 2.40. The molecule has 1 unspecified atom stereocenters. The molecule has 1 aromatic carbocycles. The van der Waals surface area contributed by atoms with Gasteiger partial charge in [-0.1, -0.05) is 19.1 Å². The van der Waals surface area contributed by atoms with E-state index in [0.29, 0.717) is 12.5 Å². The highest BCUT2D eigenvalue weighted by Crippen LogP contribution is 2.32. The highest BCUT2D eigenvalue weighted by molar-refractivity contribution is 5.27. The number of rotatable bonds is 5. The zero-order valence-corrected chi connectivity index (χ0v) is 9.15. The van der Waals surface area contributed by atoms with Crippen molar-refractivity contribution in [1.29, 1.82) is 0 Å². The molecule has 0 saturated heterocycles. The van der Waals surface area contributed by atoms with Crippen molar-refractivity contribution in [2.75, 3.05) is 6.61 Å². The van der Waals surface area contributed by atoms with Crippen molar-refractivity contribution in [2.24, 2.45) is 5.92 Å². The van der Waals surface area contributed by atoms with Gasteiger partial charge in [-0.2, -0.15) is 0 Å². The minimum atomic E-state index is -0.282. The Hall–Kier alpha value is -1.02. The first kappa shape index (κ1) is 10.5. The molecule has 2 rings (SSSR count). The minimum absolute atomic E-state index is 0.282. The molecule has 1 atom stereocenters. The monoisotopic (exact) mass is 206 g/mol. The molecule has 0 radical (unpaired) electrons. The molecular formula is C13H18O2. The van der Waals surface area contributed by atoms with Crippen molar-refractivity contribution < 1.29 is 9.84 Å². The van der Waals surface area contributed by atoms with Gasteiger partial charge in [0.25, 0.3) is 0 Å². The van der Waals surface area contributed by atoms with E-state index in [9.17, 15) is 5.11 Å². The van der Waals surface area contributed by atoms with Crippen LogP contribution in [0, 0.1) is 5.92 Å². The maximum atomic E-state index is 9.63. The van der Waals surface area contributed by atoms with Gasteiger partial charge in [-0.05, 0) is 42.9 Å². The predicted molar refractivity (Wildman–Crippen MR) is 60.0 cm³/mol. The summed E-state index contributed by atoms with van der Waals surface area (Å²) < 4.78 is 5.52. The van der Waals surface area contributed by atoms with E-state index >= 15 is 0 Å². The molecule has 1 aliphatic carbocycles. The van der Waals surface area contributed by atoms with Crippen molar-refractivity contribution in [1.82, 2.24) is 0 Å². The molecule has 82 valence electrons. The van der Waals surface area contributed by atoms with Crippen LogP contribution in [0.3, 0.4) is 0 Å². The molecule has 0 bridgehead atoms. The molecule has 1 aromatic rings. The topological polar surface area (TPSA) is 29.5 Å². The second-order valence-electron chi connectivity index (χ2n) is 4.21. The van der Waals surface area contributed by atoms with Gasteiger partial charge in [0.05, 0.1) is 6.10 Å². The van der Waals surface area contributed by atoms with Gasteiger partial charge in [0.2, 0.25) is 0 Å². The lowest BCUT2D eigenvalue weighted by molar-refractivity contribution is 0.0894. The van der Waals surface area contributed by atoms with Gasteiger partial charge >= 0.3 is 0 Å². The van der Waals surface area contributed by atoms with Crippen LogP contribution in [0.4, 0.5) is 0 Å². The Labute approximate surface area is 90.9 Å². The fourth-order valence-electron chi connectivity index (χ4n) is 1.62. The normalized spacial score (nSPS) is 17.5. The van der Waals surface area contributed by atoms with E-state index < -0.39 is 0 Å². The summed E-state index contributed by atoms with van der Waals surface area (Å²) in [5.41, 5.74) is 1.31. The van der Waals surface area contributed by atoms with Crippen LogP contribution in [-0.4, -0.2) is 17.8 Å². The van der Waals surface area contributed by atoms with E-state index in [1.165, 1.54) is 5.56 Å². The largest absolute Gasteiger partial charge is 0.491 e. The smallest absolute Gasteiger partial charge is 0.119 e. The summed E-state index contributed by atoms with van der Waals surface area (Å²) in [4.78, 5) is 0. The Bertz CT molecular complexity index is 301. The van der Waals surface area contributed by atoms with Crippen molar-refractivity contribution in [3.8, 4) is 5.75 Å². The van der Waals surface area contributed by atoms with E-state index in [0.717, 1.165) is 25.0 Å². The standard InChI is InChI=1S/C13H18O2/c1-2-10-3-7-12(8-4-10)15-9-13(14)11-5-6-11/h3-4,7-8,11,13-14H,2,5-6,9H2,1H3. The number of benzene rings is 1. The molecular weight excluding hydrogens is 188 g/mol. The van der Waals surface area contributed by atoms with Gasteiger partial charge in [-0.25, -0.2) is 0 Å². The maximum Gasteiger partial charge on any atom is 0.119 e. The zero-order valence-electron chi connectivity index (χ0n) is 9.15. The van der Waals surface area contributed by atoms with E-state index in [4.69, 9.17) is 4.74 Å². The Kier molecular flexibility index (Phi) is 3.27. The van der Waals surface area contributed by atoms with Crippen molar-refractivity contribution in [3.05, 3.63) is 29.8 Å². The molecule has 1 aliphatic rings. The third-order valence-corrected chi connectivity index (χ3v) is 2.92. The van der Waals surface area contributed by atoms with Crippen LogP contribution in [0.2, 0.25) is 0 Å². The Morgan fingerprint density at radius 3 is 2.53 bits per heavy atom. The summed E-state index contributed by atoms with van der Waals surface area (Å²) in [7, 11) is 0. The Morgan fingerprint density at radius 2 is 2.00 bits per heavy atom. The van der Waals surface area contributed by atoms with Crippen LogP contribution in [0.25, 0.3) is 0 Å². The molecule has 0 amide bonds. The fourth-order valence-corrected chi connectivity index (χ4v) is 1.62. The van der Waals surface area contributed by atoms with E-state index in [2.05, 4.69) is 19.1 Å². The van der Waals surface area contributed by atoms with Gasteiger partial charge in [0.15, 0.2) is 0 Å². The molecule has 2 heteroatoms. The number of ether oxygens (including phenoxy) is 1. The summed E-state index contributed by atoms with van der Waals surface area (Å²) in [6.45, 7) is 2.56. The van der Waals surface area contributed by atoms with Gasteiger partial charge in [0.1, 0.15) is 12.4 Å². The van der Waals surface area contributed by atoms with E-state index in [1.807, 2.05) is 12.1 Å². The average Bonchev–Trinajstić information content (AvgIpc) is 3.10. The van der Waals surface area contributed by atoms with Crippen molar-refractivity contribution in [3.63, 3.8) is 0 Å². The molecule has 0 heterocycles. The molecule has 2 nitrogen and oxygen atoms in total. The number of aliphatic hydroxyl groups is 1. The minimum Gasteiger partial charge on any atom is -0.491 e. The molecule has 15 heavy (non-hydrogen) atoms.